The van der Waals surface area contributed by atoms with E-state index in [2.05, 4.69) is 20.8 Å². The summed E-state index contributed by atoms with van der Waals surface area (Å²) < 4.78 is 38.2. The van der Waals surface area contributed by atoms with Crippen LogP contribution in [-0.2, 0) is 11.0 Å². The van der Waals surface area contributed by atoms with Crippen molar-refractivity contribution in [3.8, 4) is 0 Å². The number of pyridine rings is 1. The van der Waals surface area contributed by atoms with Crippen LogP contribution in [0.5, 0.6) is 0 Å². The van der Waals surface area contributed by atoms with Gasteiger partial charge in [-0.05, 0) is 24.5 Å². The third kappa shape index (κ3) is 5.51. The molecule has 144 valence electrons. The van der Waals surface area contributed by atoms with E-state index in [1.807, 2.05) is 0 Å². The van der Waals surface area contributed by atoms with Crippen LogP contribution in [-0.4, -0.2) is 35.1 Å². The maximum Gasteiger partial charge on any atom is 0.416 e. The van der Waals surface area contributed by atoms with Crippen LogP contribution in [0.25, 0.3) is 0 Å². The number of oxime groups is 1. The van der Waals surface area contributed by atoms with Crippen molar-refractivity contribution in [1.29, 1.82) is 0 Å². The van der Waals surface area contributed by atoms with E-state index in [4.69, 9.17) is 10.9 Å². The molecule has 0 aliphatic rings. The number of nitrogens with two attached hydrogens (primary N) is 1. The number of halogens is 3. The fourth-order valence-electron chi connectivity index (χ4n) is 2.19. The van der Waals surface area contributed by atoms with Crippen LogP contribution in [0, 0.1) is 0 Å². The molecule has 0 aliphatic heterocycles. The highest BCUT2D eigenvalue weighted by Gasteiger charge is 2.30. The summed E-state index contributed by atoms with van der Waals surface area (Å²) in [4.78, 5) is 16.2. The van der Waals surface area contributed by atoms with Gasteiger partial charge in [-0.25, -0.2) is 4.98 Å². The number of nitrogen functional groups attached to an aromatic ring is 1. The molecular formula is C16H16F3N5O2S. The molecule has 0 unspecified atom stereocenters. The number of benzene rings is 1. The summed E-state index contributed by atoms with van der Waals surface area (Å²) in [5.74, 6) is -0.377. The summed E-state index contributed by atoms with van der Waals surface area (Å²) in [7, 11) is 0. The Hall–Kier alpha value is -2.95. The van der Waals surface area contributed by atoms with Crippen LogP contribution in [0.2, 0.25) is 0 Å². The first kappa shape index (κ1) is 20.4. The minimum Gasteiger partial charge on any atom is -0.411 e. The normalized spacial score (nSPS) is 11.6. The molecule has 0 spiro atoms. The average molecular weight is 399 g/mol. The number of hydrogen-bond donors (Lipinski definition) is 4. The second kappa shape index (κ2) is 8.62. The summed E-state index contributed by atoms with van der Waals surface area (Å²) in [6.07, 6.45) is -1.60. The molecule has 0 fully saturated rings. The number of amides is 1. The van der Waals surface area contributed by atoms with E-state index < -0.39 is 17.6 Å². The molecule has 0 bridgehead atoms. The van der Waals surface area contributed by atoms with E-state index in [0.29, 0.717) is 16.3 Å². The Morgan fingerprint density at radius 3 is 2.78 bits per heavy atom. The van der Waals surface area contributed by atoms with Crippen LogP contribution in [0.4, 0.5) is 30.4 Å². The highest BCUT2D eigenvalue weighted by atomic mass is 32.2. The van der Waals surface area contributed by atoms with Gasteiger partial charge in [0, 0.05) is 17.4 Å². The number of nitrogens with zero attached hydrogens (tertiary/aromatic N) is 2. The number of aromatic nitrogens is 1. The minimum atomic E-state index is -4.50. The molecule has 0 radical (unpaired) electrons. The van der Waals surface area contributed by atoms with Gasteiger partial charge in [0.15, 0.2) is 0 Å². The molecule has 1 heterocycles. The Labute approximate surface area is 156 Å². The quantitative estimate of drug-likeness (QED) is 0.257. The molecule has 0 saturated heterocycles. The van der Waals surface area contributed by atoms with Crippen LogP contribution in [0.15, 0.2) is 40.5 Å². The van der Waals surface area contributed by atoms with Gasteiger partial charge in [0.05, 0.1) is 23.9 Å². The second-order valence-corrected chi connectivity index (χ2v) is 6.04. The van der Waals surface area contributed by atoms with E-state index in [0.717, 1.165) is 18.3 Å². The first-order valence-corrected chi connectivity index (χ1v) is 8.70. The minimum absolute atomic E-state index is 0.0211. The van der Waals surface area contributed by atoms with Crippen LogP contribution in [0.1, 0.15) is 11.1 Å². The Bertz CT molecular complexity index is 858. The molecule has 2 rings (SSSR count). The Kier molecular flexibility index (Phi) is 6.50. The molecule has 0 saturated carbocycles. The van der Waals surface area contributed by atoms with E-state index in [1.54, 1.807) is 6.26 Å². The molecule has 0 aliphatic carbocycles. The maximum absolute atomic E-state index is 12.7. The monoisotopic (exact) mass is 399 g/mol. The average Bonchev–Trinajstić information content (AvgIpc) is 2.61. The smallest absolute Gasteiger partial charge is 0.411 e. The van der Waals surface area contributed by atoms with Crippen molar-refractivity contribution >= 4 is 41.1 Å². The third-order valence-corrected chi connectivity index (χ3v) is 4.03. The molecule has 7 nitrogen and oxygen atoms in total. The van der Waals surface area contributed by atoms with Crippen LogP contribution in [0.3, 0.4) is 0 Å². The summed E-state index contributed by atoms with van der Waals surface area (Å²) in [5, 5.41) is 17.4. The lowest BCUT2D eigenvalue weighted by Gasteiger charge is -2.13. The van der Waals surface area contributed by atoms with Crippen molar-refractivity contribution in [2.24, 2.45) is 5.16 Å². The van der Waals surface area contributed by atoms with Crippen molar-refractivity contribution in [2.45, 2.75) is 11.2 Å². The van der Waals surface area contributed by atoms with E-state index in [9.17, 15) is 18.0 Å². The summed E-state index contributed by atoms with van der Waals surface area (Å²) >= 11 is 1.26. The summed E-state index contributed by atoms with van der Waals surface area (Å²) in [6.45, 7) is -0.250. The zero-order valence-electron chi connectivity index (χ0n) is 14.0. The van der Waals surface area contributed by atoms with Crippen molar-refractivity contribution < 1.29 is 23.2 Å². The number of rotatable bonds is 6. The van der Waals surface area contributed by atoms with Crippen molar-refractivity contribution in [3.63, 3.8) is 0 Å². The van der Waals surface area contributed by atoms with Gasteiger partial charge in [0.1, 0.15) is 10.8 Å². The predicted octanol–water partition coefficient (Wildman–Crippen LogP) is 3.26. The van der Waals surface area contributed by atoms with Gasteiger partial charge >= 0.3 is 6.18 Å². The number of nitrogens with one attached hydrogen (secondary N) is 2. The largest absolute Gasteiger partial charge is 0.416 e. The van der Waals surface area contributed by atoms with Gasteiger partial charge in [-0.15, -0.1) is 11.8 Å². The van der Waals surface area contributed by atoms with Gasteiger partial charge in [-0.2, -0.15) is 13.2 Å². The van der Waals surface area contributed by atoms with Crippen LogP contribution < -0.4 is 16.4 Å². The fourth-order valence-corrected chi connectivity index (χ4v) is 2.77. The third-order valence-electron chi connectivity index (χ3n) is 3.34. The molecule has 27 heavy (non-hydrogen) atoms. The Balaban J connectivity index is 2.11. The lowest BCUT2D eigenvalue weighted by atomic mass is 10.2. The number of thioether (sulfide) groups is 1. The standard InChI is InChI=1S/C16H16F3N5O2S/c1-27-15-11(7-22-26)12(6-13(20)24-15)21-8-14(25)23-10-4-2-3-9(5-10)16(17,18)19/h2-7,26H,8H2,1H3,(H,23,25)(H3,20,21,24)/b22-7-. The van der Waals surface area contributed by atoms with Gasteiger partial charge in [0.2, 0.25) is 5.91 Å². The molecule has 2 aromatic rings. The van der Waals surface area contributed by atoms with Gasteiger partial charge < -0.3 is 21.6 Å². The number of alkyl halides is 3. The fraction of sp³-hybridized carbons (Fsp3) is 0.188. The van der Waals surface area contributed by atoms with Crippen molar-refractivity contribution in [1.82, 2.24) is 4.98 Å². The SMILES string of the molecule is CSc1nc(N)cc(NCC(=O)Nc2cccc(C(F)(F)F)c2)c1/C=N\O. The van der Waals surface area contributed by atoms with E-state index in [1.165, 1.54) is 30.0 Å². The summed E-state index contributed by atoms with van der Waals surface area (Å²) in [5.41, 5.74) is 5.68. The van der Waals surface area contributed by atoms with Gasteiger partial charge in [-0.3, -0.25) is 4.79 Å². The van der Waals surface area contributed by atoms with Crippen molar-refractivity contribution in [2.75, 3.05) is 29.2 Å². The highest BCUT2D eigenvalue weighted by molar-refractivity contribution is 7.98. The molecule has 1 aromatic heterocycles. The zero-order valence-corrected chi connectivity index (χ0v) is 14.9. The number of carbonyl (C=O) groups excluding carboxylic acids is 1. The van der Waals surface area contributed by atoms with E-state index >= 15 is 0 Å². The predicted molar refractivity (Wildman–Crippen MR) is 98.4 cm³/mol. The highest BCUT2D eigenvalue weighted by Crippen LogP contribution is 2.30. The zero-order chi connectivity index (χ0) is 20.0. The molecule has 1 aromatic carbocycles. The molecule has 5 N–H and O–H groups in total. The summed E-state index contributed by atoms with van der Waals surface area (Å²) in [6, 6.07) is 5.77. The number of anilines is 3. The van der Waals surface area contributed by atoms with E-state index in [-0.39, 0.29) is 18.1 Å². The lowest BCUT2D eigenvalue weighted by molar-refractivity contribution is -0.137. The first-order chi connectivity index (χ1) is 12.7. The molecule has 1 amide bonds. The molecule has 11 heteroatoms. The molecule has 0 atom stereocenters. The lowest BCUT2D eigenvalue weighted by Crippen LogP contribution is -2.22. The van der Waals surface area contributed by atoms with Gasteiger partial charge in [-0.1, -0.05) is 11.2 Å². The van der Waals surface area contributed by atoms with Gasteiger partial charge in [0.25, 0.3) is 0 Å². The Morgan fingerprint density at radius 2 is 2.15 bits per heavy atom. The van der Waals surface area contributed by atoms with Crippen molar-refractivity contribution in [3.05, 3.63) is 41.5 Å². The topological polar surface area (TPSA) is 113 Å². The first-order valence-electron chi connectivity index (χ1n) is 7.47. The Morgan fingerprint density at radius 1 is 1.41 bits per heavy atom. The van der Waals surface area contributed by atoms with Crippen LogP contribution >= 0.6 is 11.8 Å². The maximum atomic E-state index is 12.7. The number of hydrogen-bond acceptors (Lipinski definition) is 7. The molecular weight excluding hydrogens is 383 g/mol. The second-order valence-electron chi connectivity index (χ2n) is 5.24. The number of carbonyl (C=O) groups is 1.